The Morgan fingerprint density at radius 1 is 0.839 bits per heavy atom. The van der Waals surface area contributed by atoms with Crippen molar-refractivity contribution in [3.05, 3.63) is 118 Å². The van der Waals surface area contributed by atoms with Gasteiger partial charge in [-0.3, -0.25) is 9.78 Å². The summed E-state index contributed by atoms with van der Waals surface area (Å²) < 4.78 is 5.85. The summed E-state index contributed by atoms with van der Waals surface area (Å²) in [5.74, 6) is 0.858. The molecule has 0 radical (unpaired) electrons. The summed E-state index contributed by atoms with van der Waals surface area (Å²) in [6.07, 6.45) is 5.09. The van der Waals surface area contributed by atoms with E-state index in [9.17, 15) is 4.79 Å². The van der Waals surface area contributed by atoms with Gasteiger partial charge in [-0.1, -0.05) is 29.8 Å². The van der Waals surface area contributed by atoms with E-state index in [1.807, 2.05) is 42.5 Å². The molecule has 1 amide bonds. The van der Waals surface area contributed by atoms with E-state index in [1.54, 1.807) is 18.5 Å². The third kappa shape index (κ3) is 5.10. The highest BCUT2D eigenvalue weighted by Gasteiger charge is 2.13. The average molecular weight is 411 g/mol. The van der Waals surface area contributed by atoms with Crippen LogP contribution in [0.1, 0.15) is 49.7 Å². The van der Waals surface area contributed by atoms with Crippen molar-refractivity contribution < 1.29 is 9.21 Å². The summed E-state index contributed by atoms with van der Waals surface area (Å²) in [7, 11) is 0. The lowest BCUT2D eigenvalue weighted by molar-refractivity contribution is 0.0995. The molecule has 0 fully saturated rings. The molecule has 0 atom stereocenters. The van der Waals surface area contributed by atoms with Crippen molar-refractivity contribution in [1.82, 2.24) is 4.98 Å². The maximum absolute atomic E-state index is 12.6. The highest BCUT2D eigenvalue weighted by molar-refractivity contribution is 6.02. The van der Waals surface area contributed by atoms with Crippen molar-refractivity contribution in [3.63, 3.8) is 0 Å². The van der Waals surface area contributed by atoms with Crippen LogP contribution in [0.3, 0.4) is 0 Å². The minimum absolute atomic E-state index is 0.245. The lowest BCUT2D eigenvalue weighted by Gasteiger charge is -2.10. The zero-order valence-corrected chi connectivity index (χ0v) is 18.1. The molecule has 0 saturated heterocycles. The molecule has 4 heteroatoms. The first kappa shape index (κ1) is 20.6. The van der Waals surface area contributed by atoms with Crippen molar-refractivity contribution in [1.29, 1.82) is 0 Å². The minimum atomic E-state index is -0.245. The predicted molar refractivity (Wildman–Crippen MR) is 124 cm³/mol. The number of hydrogen-bond acceptors (Lipinski definition) is 3. The number of aryl methyl sites for hydroxylation is 3. The van der Waals surface area contributed by atoms with Crippen LogP contribution in [0.25, 0.3) is 0 Å². The lowest BCUT2D eigenvalue weighted by Crippen LogP contribution is -2.10. The van der Waals surface area contributed by atoms with Crippen LogP contribution in [-0.4, -0.2) is 10.9 Å². The standard InChI is InChI=1S/C27H26N2O2/c1-18-14-19(2)25(20(3)15-18)17-24-8-9-26(31-24)27(30)29-23-6-4-21(5-7-23)16-22-10-12-28-13-11-22/h4-15H,16-17H2,1-3H3,(H,29,30). The second kappa shape index (κ2) is 9.00. The summed E-state index contributed by atoms with van der Waals surface area (Å²) in [5.41, 5.74) is 8.11. The number of aromatic nitrogens is 1. The molecule has 0 unspecified atom stereocenters. The zero-order valence-electron chi connectivity index (χ0n) is 18.1. The maximum Gasteiger partial charge on any atom is 0.291 e. The number of pyridine rings is 1. The molecular formula is C27H26N2O2. The number of carbonyl (C=O) groups excluding carboxylic acids is 1. The molecule has 0 aliphatic carbocycles. The van der Waals surface area contributed by atoms with E-state index < -0.39 is 0 Å². The van der Waals surface area contributed by atoms with Crippen LogP contribution in [0.5, 0.6) is 0 Å². The molecule has 2 aromatic carbocycles. The van der Waals surface area contributed by atoms with Gasteiger partial charge in [-0.05, 0) is 91.4 Å². The van der Waals surface area contributed by atoms with E-state index >= 15 is 0 Å². The van der Waals surface area contributed by atoms with Crippen molar-refractivity contribution in [2.75, 3.05) is 5.32 Å². The van der Waals surface area contributed by atoms with Gasteiger partial charge in [0.15, 0.2) is 5.76 Å². The normalized spacial score (nSPS) is 10.8. The summed E-state index contributed by atoms with van der Waals surface area (Å²) in [5, 5.41) is 2.91. The first-order chi connectivity index (χ1) is 15.0. The third-order valence-corrected chi connectivity index (χ3v) is 5.45. The van der Waals surface area contributed by atoms with E-state index in [4.69, 9.17) is 4.42 Å². The first-order valence-electron chi connectivity index (χ1n) is 10.4. The molecule has 0 saturated carbocycles. The maximum atomic E-state index is 12.6. The fourth-order valence-electron chi connectivity index (χ4n) is 3.89. The van der Waals surface area contributed by atoms with Crippen molar-refractivity contribution in [2.24, 2.45) is 0 Å². The van der Waals surface area contributed by atoms with Gasteiger partial charge in [0.25, 0.3) is 5.91 Å². The number of benzene rings is 2. The van der Waals surface area contributed by atoms with Crippen molar-refractivity contribution in [3.8, 4) is 0 Å². The molecule has 4 nitrogen and oxygen atoms in total. The Morgan fingerprint density at radius 3 is 2.16 bits per heavy atom. The second-order valence-corrected chi connectivity index (χ2v) is 8.00. The molecule has 0 spiro atoms. The highest BCUT2D eigenvalue weighted by atomic mass is 16.3. The zero-order chi connectivity index (χ0) is 21.8. The first-order valence-corrected chi connectivity index (χ1v) is 10.4. The van der Waals surface area contributed by atoms with Gasteiger partial charge in [0.1, 0.15) is 5.76 Å². The molecule has 0 aliphatic heterocycles. The molecular weight excluding hydrogens is 384 g/mol. The van der Waals surface area contributed by atoms with Gasteiger partial charge in [0.05, 0.1) is 0 Å². The molecule has 1 N–H and O–H groups in total. The minimum Gasteiger partial charge on any atom is -0.456 e. The van der Waals surface area contributed by atoms with E-state index in [2.05, 4.69) is 43.2 Å². The van der Waals surface area contributed by atoms with Crippen molar-refractivity contribution in [2.45, 2.75) is 33.6 Å². The van der Waals surface area contributed by atoms with Gasteiger partial charge in [-0.15, -0.1) is 0 Å². The number of furan rings is 1. The number of nitrogens with one attached hydrogen (secondary N) is 1. The largest absolute Gasteiger partial charge is 0.456 e. The Kier molecular flexibility index (Phi) is 5.99. The Balaban J connectivity index is 1.40. The van der Waals surface area contributed by atoms with E-state index in [0.717, 1.165) is 17.9 Å². The molecule has 4 rings (SSSR count). The number of carbonyl (C=O) groups is 1. The van der Waals surface area contributed by atoms with Crippen molar-refractivity contribution >= 4 is 11.6 Å². The van der Waals surface area contributed by atoms with Gasteiger partial charge in [-0.25, -0.2) is 0 Å². The molecule has 2 heterocycles. The quantitative estimate of drug-likeness (QED) is 0.422. The van der Waals surface area contributed by atoms with Crippen LogP contribution in [0.4, 0.5) is 5.69 Å². The lowest BCUT2D eigenvalue weighted by atomic mass is 9.97. The summed E-state index contributed by atoms with van der Waals surface area (Å²) in [4.78, 5) is 16.7. The van der Waals surface area contributed by atoms with Gasteiger partial charge in [0, 0.05) is 24.5 Å². The second-order valence-electron chi connectivity index (χ2n) is 8.00. The van der Waals surface area contributed by atoms with Crippen LogP contribution < -0.4 is 5.32 Å². The van der Waals surface area contributed by atoms with Crippen LogP contribution in [0.2, 0.25) is 0 Å². The smallest absolute Gasteiger partial charge is 0.291 e. The Hall–Kier alpha value is -3.66. The fraction of sp³-hybridized carbons (Fsp3) is 0.185. The SMILES string of the molecule is Cc1cc(C)c(Cc2ccc(C(=O)Nc3ccc(Cc4ccncc4)cc3)o2)c(C)c1. The summed E-state index contributed by atoms with van der Waals surface area (Å²) >= 11 is 0. The number of rotatable bonds is 6. The monoisotopic (exact) mass is 410 g/mol. The van der Waals surface area contributed by atoms with Crippen LogP contribution in [-0.2, 0) is 12.8 Å². The van der Waals surface area contributed by atoms with E-state index in [0.29, 0.717) is 12.2 Å². The highest BCUT2D eigenvalue weighted by Crippen LogP contribution is 2.22. The predicted octanol–water partition coefficient (Wildman–Crippen LogP) is 6.03. The fourth-order valence-corrected chi connectivity index (χ4v) is 3.89. The molecule has 2 aromatic heterocycles. The number of nitrogens with zero attached hydrogens (tertiary/aromatic N) is 1. The number of amides is 1. The van der Waals surface area contributed by atoms with Crippen LogP contribution in [0, 0.1) is 20.8 Å². The summed E-state index contributed by atoms with van der Waals surface area (Å²) in [6.45, 7) is 6.33. The number of hydrogen-bond donors (Lipinski definition) is 1. The molecule has 31 heavy (non-hydrogen) atoms. The Labute approximate surface area is 183 Å². The van der Waals surface area contributed by atoms with E-state index in [1.165, 1.54) is 33.4 Å². The number of anilines is 1. The van der Waals surface area contributed by atoms with E-state index in [-0.39, 0.29) is 5.91 Å². The topological polar surface area (TPSA) is 55.1 Å². The molecule has 156 valence electrons. The summed E-state index contributed by atoms with van der Waals surface area (Å²) in [6, 6.07) is 19.8. The van der Waals surface area contributed by atoms with Gasteiger partial charge < -0.3 is 9.73 Å². The van der Waals surface area contributed by atoms with Crippen LogP contribution >= 0.6 is 0 Å². The third-order valence-electron chi connectivity index (χ3n) is 5.45. The average Bonchev–Trinajstić information content (AvgIpc) is 3.22. The van der Waals surface area contributed by atoms with Gasteiger partial charge in [0.2, 0.25) is 0 Å². The molecule has 4 aromatic rings. The molecule has 0 bridgehead atoms. The van der Waals surface area contributed by atoms with Crippen LogP contribution in [0.15, 0.2) is 77.5 Å². The Morgan fingerprint density at radius 2 is 1.48 bits per heavy atom. The molecule has 0 aliphatic rings. The van der Waals surface area contributed by atoms with Gasteiger partial charge in [-0.2, -0.15) is 0 Å². The Bertz CT molecular complexity index is 1170. The van der Waals surface area contributed by atoms with Gasteiger partial charge >= 0.3 is 0 Å².